The highest BCUT2D eigenvalue weighted by Crippen LogP contribution is 2.16. The van der Waals surface area contributed by atoms with Crippen LogP contribution in [0.4, 0.5) is 4.39 Å². The summed E-state index contributed by atoms with van der Waals surface area (Å²) in [5.41, 5.74) is 0.842. The summed E-state index contributed by atoms with van der Waals surface area (Å²) in [5, 5.41) is 0. The Balaban J connectivity index is 1.74. The lowest BCUT2D eigenvalue weighted by Crippen LogP contribution is -2.42. The number of hydrogen-bond acceptors (Lipinski definition) is 3. The number of nitrogens with zero attached hydrogens (tertiary/aromatic N) is 3. The van der Waals surface area contributed by atoms with Crippen LogP contribution >= 0.6 is 0 Å². The van der Waals surface area contributed by atoms with Crippen molar-refractivity contribution in [2.75, 3.05) is 13.1 Å². The second-order valence-corrected chi connectivity index (χ2v) is 6.33. The molecule has 0 spiro atoms. The Kier molecular flexibility index (Phi) is 4.74. The van der Waals surface area contributed by atoms with Crippen molar-refractivity contribution in [3.63, 3.8) is 0 Å². The fourth-order valence-corrected chi connectivity index (χ4v) is 2.98. The molecule has 1 atom stereocenters. The Morgan fingerprint density at radius 3 is 2.75 bits per heavy atom. The first-order valence-corrected chi connectivity index (χ1v) is 8.13. The highest BCUT2D eigenvalue weighted by atomic mass is 19.1. The third kappa shape index (κ3) is 3.69. The van der Waals surface area contributed by atoms with Crippen molar-refractivity contribution in [2.45, 2.75) is 26.3 Å². The van der Waals surface area contributed by atoms with Crippen molar-refractivity contribution in [3.8, 4) is 11.3 Å². The molecule has 6 heteroatoms. The van der Waals surface area contributed by atoms with Crippen LogP contribution in [0, 0.1) is 11.7 Å². The van der Waals surface area contributed by atoms with Gasteiger partial charge in [0.05, 0.1) is 12.0 Å². The van der Waals surface area contributed by atoms with E-state index in [-0.39, 0.29) is 23.8 Å². The van der Waals surface area contributed by atoms with Crippen molar-refractivity contribution < 1.29 is 9.18 Å². The van der Waals surface area contributed by atoms with E-state index in [2.05, 4.69) is 11.9 Å². The number of aromatic nitrogens is 2. The van der Waals surface area contributed by atoms with Crippen LogP contribution < -0.4 is 5.56 Å². The van der Waals surface area contributed by atoms with E-state index in [4.69, 9.17) is 0 Å². The second-order valence-electron chi connectivity index (χ2n) is 6.33. The van der Waals surface area contributed by atoms with Gasteiger partial charge in [0, 0.05) is 24.7 Å². The summed E-state index contributed by atoms with van der Waals surface area (Å²) >= 11 is 0. The van der Waals surface area contributed by atoms with Gasteiger partial charge in [0.1, 0.15) is 12.4 Å². The van der Waals surface area contributed by atoms with E-state index in [9.17, 15) is 14.0 Å². The molecule has 1 aliphatic rings. The van der Waals surface area contributed by atoms with Crippen molar-refractivity contribution in [3.05, 3.63) is 52.8 Å². The molecule has 1 saturated heterocycles. The van der Waals surface area contributed by atoms with Crippen LogP contribution in [0.15, 0.2) is 41.5 Å². The van der Waals surface area contributed by atoms with Gasteiger partial charge in [0.15, 0.2) is 0 Å². The molecule has 0 N–H and O–H groups in total. The van der Waals surface area contributed by atoms with Crippen LogP contribution in [0.25, 0.3) is 11.3 Å². The zero-order valence-electron chi connectivity index (χ0n) is 13.6. The topological polar surface area (TPSA) is 55.2 Å². The zero-order chi connectivity index (χ0) is 17.1. The minimum Gasteiger partial charge on any atom is -0.341 e. The average Bonchev–Trinajstić information content (AvgIpc) is 2.57. The maximum atomic E-state index is 13.0. The summed E-state index contributed by atoms with van der Waals surface area (Å²) in [5.74, 6) is 0.104. The highest BCUT2D eigenvalue weighted by molar-refractivity contribution is 5.76. The molecule has 5 nitrogen and oxygen atoms in total. The molecule has 1 amide bonds. The van der Waals surface area contributed by atoms with Crippen LogP contribution in [0.3, 0.4) is 0 Å². The van der Waals surface area contributed by atoms with Crippen LogP contribution in [0.5, 0.6) is 0 Å². The van der Waals surface area contributed by atoms with Gasteiger partial charge in [-0.2, -0.15) is 0 Å². The molecule has 2 heterocycles. The van der Waals surface area contributed by atoms with E-state index in [1.54, 1.807) is 12.1 Å². The minimum atomic E-state index is -0.339. The summed E-state index contributed by atoms with van der Waals surface area (Å²) in [7, 11) is 0. The molecule has 1 aromatic heterocycles. The molecule has 126 valence electrons. The van der Waals surface area contributed by atoms with Gasteiger partial charge in [-0.3, -0.25) is 14.2 Å². The highest BCUT2D eigenvalue weighted by Gasteiger charge is 2.21. The summed E-state index contributed by atoms with van der Waals surface area (Å²) in [6.07, 6.45) is 3.52. The van der Waals surface area contributed by atoms with Crippen LogP contribution in [-0.4, -0.2) is 33.4 Å². The lowest BCUT2D eigenvalue weighted by atomic mass is 10.0. The predicted molar refractivity (Wildman–Crippen MR) is 88.9 cm³/mol. The van der Waals surface area contributed by atoms with Gasteiger partial charge in [-0.15, -0.1) is 0 Å². The lowest BCUT2D eigenvalue weighted by Gasteiger charge is -2.31. The van der Waals surface area contributed by atoms with Crippen molar-refractivity contribution in [1.82, 2.24) is 14.5 Å². The number of hydrogen-bond donors (Lipinski definition) is 0. The normalized spacial score (nSPS) is 17.8. The van der Waals surface area contributed by atoms with Crippen LogP contribution in [0.1, 0.15) is 19.8 Å². The molecule has 1 aliphatic heterocycles. The fraction of sp³-hybridized carbons (Fsp3) is 0.389. The van der Waals surface area contributed by atoms with Crippen molar-refractivity contribution in [2.24, 2.45) is 5.92 Å². The Bertz CT molecular complexity index is 786. The number of halogens is 1. The molecular weight excluding hydrogens is 309 g/mol. The Morgan fingerprint density at radius 1 is 1.33 bits per heavy atom. The SMILES string of the molecule is C[C@H]1CCCN(C(=O)Cn2cnc(-c3ccc(F)cc3)cc2=O)C1. The number of amides is 1. The predicted octanol–water partition coefficient (Wildman–Crippen LogP) is 2.31. The van der Waals surface area contributed by atoms with E-state index in [1.807, 2.05) is 4.90 Å². The molecule has 0 unspecified atom stereocenters. The van der Waals surface area contributed by atoms with Gasteiger partial charge >= 0.3 is 0 Å². The minimum absolute atomic E-state index is 0.00223. The van der Waals surface area contributed by atoms with E-state index in [0.717, 1.165) is 25.9 Å². The summed E-state index contributed by atoms with van der Waals surface area (Å²) < 4.78 is 14.3. The molecule has 1 fully saturated rings. The smallest absolute Gasteiger partial charge is 0.254 e. The Labute approximate surface area is 139 Å². The first-order chi connectivity index (χ1) is 11.5. The number of carbonyl (C=O) groups is 1. The molecule has 2 aromatic rings. The number of carbonyl (C=O) groups excluding carboxylic acids is 1. The number of likely N-dealkylation sites (tertiary alicyclic amines) is 1. The molecule has 0 saturated carbocycles. The largest absolute Gasteiger partial charge is 0.341 e. The Morgan fingerprint density at radius 2 is 2.08 bits per heavy atom. The maximum Gasteiger partial charge on any atom is 0.254 e. The summed E-state index contributed by atoms with van der Waals surface area (Å²) in [6.45, 7) is 3.63. The van der Waals surface area contributed by atoms with Gasteiger partial charge < -0.3 is 4.90 Å². The van der Waals surface area contributed by atoms with Gasteiger partial charge in [-0.25, -0.2) is 9.37 Å². The van der Waals surface area contributed by atoms with Gasteiger partial charge in [-0.1, -0.05) is 6.92 Å². The maximum absolute atomic E-state index is 13.0. The molecule has 24 heavy (non-hydrogen) atoms. The van der Waals surface area contributed by atoms with Gasteiger partial charge in [0.2, 0.25) is 5.91 Å². The Hall–Kier alpha value is -2.50. The van der Waals surface area contributed by atoms with Gasteiger partial charge in [-0.05, 0) is 43.0 Å². The third-order valence-corrected chi connectivity index (χ3v) is 4.33. The van der Waals surface area contributed by atoms with Crippen molar-refractivity contribution >= 4 is 5.91 Å². The first-order valence-electron chi connectivity index (χ1n) is 8.13. The fourth-order valence-electron chi connectivity index (χ4n) is 2.98. The average molecular weight is 329 g/mol. The third-order valence-electron chi connectivity index (χ3n) is 4.33. The van der Waals surface area contributed by atoms with E-state index >= 15 is 0 Å². The van der Waals surface area contributed by atoms with E-state index < -0.39 is 0 Å². The molecule has 1 aromatic carbocycles. The van der Waals surface area contributed by atoms with Gasteiger partial charge in [0.25, 0.3) is 5.56 Å². The quantitative estimate of drug-likeness (QED) is 0.868. The number of rotatable bonds is 3. The molecular formula is C18H20FN3O2. The second kappa shape index (κ2) is 6.95. The van der Waals surface area contributed by atoms with E-state index in [1.165, 1.54) is 29.1 Å². The molecule has 0 radical (unpaired) electrons. The van der Waals surface area contributed by atoms with E-state index in [0.29, 0.717) is 17.2 Å². The number of piperidine rings is 1. The standard InChI is InChI=1S/C18H20FN3O2/c1-13-3-2-8-21(10-13)18(24)11-22-12-20-16(9-17(22)23)14-4-6-15(19)7-5-14/h4-7,9,12-13H,2-3,8,10-11H2,1H3/t13-/m0/s1. The first kappa shape index (κ1) is 16.4. The van der Waals surface area contributed by atoms with Crippen LogP contribution in [0.2, 0.25) is 0 Å². The summed E-state index contributed by atoms with van der Waals surface area (Å²) in [6, 6.07) is 7.16. The summed E-state index contributed by atoms with van der Waals surface area (Å²) in [4.78, 5) is 30.6. The number of benzene rings is 1. The van der Waals surface area contributed by atoms with Crippen molar-refractivity contribution in [1.29, 1.82) is 0 Å². The zero-order valence-corrected chi connectivity index (χ0v) is 13.6. The lowest BCUT2D eigenvalue weighted by molar-refractivity contribution is -0.133. The monoisotopic (exact) mass is 329 g/mol. The van der Waals surface area contributed by atoms with Crippen LogP contribution in [-0.2, 0) is 11.3 Å². The molecule has 0 bridgehead atoms. The molecule has 0 aliphatic carbocycles. The molecule has 3 rings (SSSR count).